The summed E-state index contributed by atoms with van der Waals surface area (Å²) in [5.74, 6) is 2.46. The highest BCUT2D eigenvalue weighted by Gasteiger charge is 2.08. The molecule has 0 spiro atoms. The van der Waals surface area contributed by atoms with Gasteiger partial charge in [-0.1, -0.05) is 48.5 Å². The second-order valence-electron chi connectivity index (χ2n) is 6.79. The predicted molar refractivity (Wildman–Crippen MR) is 115 cm³/mol. The molecule has 0 saturated heterocycles. The number of hydrogen-bond acceptors (Lipinski definition) is 4. The quantitative estimate of drug-likeness (QED) is 0.432. The van der Waals surface area contributed by atoms with E-state index in [0.717, 1.165) is 46.0 Å². The Hall–Kier alpha value is -3.31. The van der Waals surface area contributed by atoms with Gasteiger partial charge in [-0.05, 0) is 42.3 Å². The summed E-state index contributed by atoms with van der Waals surface area (Å²) in [5, 5.41) is 3.44. The van der Waals surface area contributed by atoms with Crippen LogP contribution in [0.5, 0.6) is 11.5 Å². The molecule has 1 aromatic heterocycles. The molecule has 0 bridgehead atoms. The van der Waals surface area contributed by atoms with Crippen LogP contribution in [0.25, 0.3) is 11.0 Å². The Labute approximate surface area is 170 Å². The minimum atomic E-state index is 0.518. The van der Waals surface area contributed by atoms with Crippen molar-refractivity contribution in [3.05, 3.63) is 89.7 Å². The Bertz CT molecular complexity index is 1030. The highest BCUT2D eigenvalue weighted by molar-refractivity contribution is 5.74. The molecule has 4 rings (SSSR count). The van der Waals surface area contributed by atoms with Crippen LogP contribution >= 0.6 is 0 Å². The minimum Gasteiger partial charge on any atom is -0.490 e. The standard InChI is InChI=1S/C24H25N3O2/c1-2-28-23-14-19(12-13-22(23)29-17-18-8-4-3-5-9-18)15-25-16-24-26-20-10-6-7-11-21(20)27-24/h3-14,25H,2,15-17H2,1H3,(H,26,27). The van der Waals surface area contributed by atoms with E-state index >= 15 is 0 Å². The largest absolute Gasteiger partial charge is 0.490 e. The summed E-state index contributed by atoms with van der Waals surface area (Å²) < 4.78 is 11.8. The molecule has 148 valence electrons. The van der Waals surface area contributed by atoms with E-state index in [1.165, 1.54) is 0 Å². The number of imidazole rings is 1. The van der Waals surface area contributed by atoms with Gasteiger partial charge in [0.05, 0.1) is 24.2 Å². The third-order valence-corrected chi connectivity index (χ3v) is 4.61. The average molecular weight is 387 g/mol. The smallest absolute Gasteiger partial charge is 0.161 e. The lowest BCUT2D eigenvalue weighted by Crippen LogP contribution is -2.14. The van der Waals surface area contributed by atoms with Crippen molar-refractivity contribution in [2.45, 2.75) is 26.6 Å². The Balaban J connectivity index is 1.37. The zero-order valence-electron chi connectivity index (χ0n) is 16.5. The summed E-state index contributed by atoms with van der Waals surface area (Å²) in [6.45, 7) is 4.48. The van der Waals surface area contributed by atoms with Crippen LogP contribution in [-0.2, 0) is 19.7 Å². The lowest BCUT2D eigenvalue weighted by atomic mass is 10.2. The zero-order chi connectivity index (χ0) is 19.9. The first-order valence-corrected chi connectivity index (χ1v) is 9.88. The Morgan fingerprint density at radius 1 is 0.828 bits per heavy atom. The SMILES string of the molecule is CCOc1cc(CNCc2nc3ccccc3[nH]2)ccc1OCc1ccccc1. The second kappa shape index (κ2) is 9.26. The molecule has 0 atom stereocenters. The fourth-order valence-electron chi connectivity index (χ4n) is 3.20. The first-order valence-electron chi connectivity index (χ1n) is 9.88. The minimum absolute atomic E-state index is 0.518. The van der Waals surface area contributed by atoms with Crippen molar-refractivity contribution in [1.82, 2.24) is 15.3 Å². The molecule has 3 aromatic carbocycles. The van der Waals surface area contributed by atoms with Crippen molar-refractivity contribution < 1.29 is 9.47 Å². The van der Waals surface area contributed by atoms with Crippen molar-refractivity contribution in [1.29, 1.82) is 0 Å². The molecule has 0 radical (unpaired) electrons. The Morgan fingerprint density at radius 2 is 1.66 bits per heavy atom. The van der Waals surface area contributed by atoms with Crippen LogP contribution in [0.2, 0.25) is 0 Å². The zero-order valence-corrected chi connectivity index (χ0v) is 16.5. The molecule has 0 aliphatic rings. The summed E-state index contributed by atoms with van der Waals surface area (Å²) in [7, 11) is 0. The van der Waals surface area contributed by atoms with Crippen LogP contribution in [0.15, 0.2) is 72.8 Å². The molecule has 5 heteroatoms. The van der Waals surface area contributed by atoms with Crippen molar-refractivity contribution in [3.8, 4) is 11.5 Å². The summed E-state index contributed by atoms with van der Waals surface area (Å²) in [6.07, 6.45) is 0. The maximum absolute atomic E-state index is 5.98. The molecule has 4 aromatic rings. The van der Waals surface area contributed by atoms with E-state index < -0.39 is 0 Å². The third kappa shape index (κ3) is 4.95. The van der Waals surface area contributed by atoms with Crippen molar-refractivity contribution in [2.75, 3.05) is 6.61 Å². The maximum atomic E-state index is 5.98. The summed E-state index contributed by atoms with van der Waals surface area (Å²) in [5.41, 5.74) is 4.31. The number of aromatic nitrogens is 2. The topological polar surface area (TPSA) is 59.2 Å². The fraction of sp³-hybridized carbons (Fsp3) is 0.208. The number of nitrogens with one attached hydrogen (secondary N) is 2. The highest BCUT2D eigenvalue weighted by atomic mass is 16.5. The summed E-state index contributed by atoms with van der Waals surface area (Å²) >= 11 is 0. The van der Waals surface area contributed by atoms with Gasteiger partial charge in [-0.25, -0.2) is 4.98 Å². The van der Waals surface area contributed by atoms with E-state index in [2.05, 4.69) is 33.5 Å². The van der Waals surface area contributed by atoms with E-state index in [0.29, 0.717) is 19.8 Å². The van der Waals surface area contributed by atoms with Crippen molar-refractivity contribution in [2.24, 2.45) is 0 Å². The summed E-state index contributed by atoms with van der Waals surface area (Å²) in [6, 6.07) is 24.3. The van der Waals surface area contributed by atoms with Gasteiger partial charge in [0, 0.05) is 6.54 Å². The number of rotatable bonds is 9. The second-order valence-corrected chi connectivity index (χ2v) is 6.79. The molecular weight excluding hydrogens is 362 g/mol. The third-order valence-electron chi connectivity index (χ3n) is 4.61. The van der Waals surface area contributed by atoms with Crippen LogP contribution in [0.1, 0.15) is 23.9 Å². The van der Waals surface area contributed by atoms with E-state index in [1.54, 1.807) is 0 Å². The first-order chi connectivity index (χ1) is 14.3. The molecule has 0 aliphatic carbocycles. The van der Waals surface area contributed by atoms with Gasteiger partial charge >= 0.3 is 0 Å². The van der Waals surface area contributed by atoms with E-state index in [9.17, 15) is 0 Å². The summed E-state index contributed by atoms with van der Waals surface area (Å²) in [4.78, 5) is 7.93. The molecule has 0 aliphatic heterocycles. The van der Waals surface area contributed by atoms with Crippen LogP contribution in [0.3, 0.4) is 0 Å². The number of H-pyrrole nitrogens is 1. The Morgan fingerprint density at radius 3 is 2.48 bits per heavy atom. The van der Waals surface area contributed by atoms with Crippen molar-refractivity contribution in [3.63, 3.8) is 0 Å². The van der Waals surface area contributed by atoms with Crippen LogP contribution < -0.4 is 14.8 Å². The van der Waals surface area contributed by atoms with Crippen LogP contribution in [0, 0.1) is 0 Å². The molecule has 0 saturated carbocycles. The van der Waals surface area contributed by atoms with Crippen LogP contribution in [-0.4, -0.2) is 16.6 Å². The van der Waals surface area contributed by atoms with E-state index in [-0.39, 0.29) is 0 Å². The lowest BCUT2D eigenvalue weighted by Gasteiger charge is -2.14. The van der Waals surface area contributed by atoms with Gasteiger partial charge in [0.1, 0.15) is 12.4 Å². The van der Waals surface area contributed by atoms with Gasteiger partial charge in [-0.15, -0.1) is 0 Å². The van der Waals surface area contributed by atoms with E-state index in [1.807, 2.05) is 61.5 Å². The predicted octanol–water partition coefficient (Wildman–Crippen LogP) is 4.83. The van der Waals surface area contributed by atoms with Gasteiger partial charge in [0.25, 0.3) is 0 Å². The van der Waals surface area contributed by atoms with Gasteiger partial charge in [0.15, 0.2) is 11.5 Å². The molecule has 5 nitrogen and oxygen atoms in total. The number of nitrogens with zero attached hydrogens (tertiary/aromatic N) is 1. The highest BCUT2D eigenvalue weighted by Crippen LogP contribution is 2.29. The van der Waals surface area contributed by atoms with E-state index in [4.69, 9.17) is 9.47 Å². The monoisotopic (exact) mass is 387 g/mol. The molecule has 1 heterocycles. The number of ether oxygens (including phenoxy) is 2. The maximum Gasteiger partial charge on any atom is 0.161 e. The number of para-hydroxylation sites is 2. The average Bonchev–Trinajstić information content (AvgIpc) is 3.17. The fourth-order valence-corrected chi connectivity index (χ4v) is 3.20. The number of hydrogen-bond donors (Lipinski definition) is 2. The Kier molecular flexibility index (Phi) is 6.07. The molecule has 2 N–H and O–H groups in total. The molecule has 0 fully saturated rings. The molecule has 0 unspecified atom stereocenters. The van der Waals surface area contributed by atoms with Crippen LogP contribution in [0.4, 0.5) is 0 Å². The molecular formula is C24H25N3O2. The van der Waals surface area contributed by atoms with Gasteiger partial charge in [-0.3, -0.25) is 0 Å². The van der Waals surface area contributed by atoms with Gasteiger partial charge < -0.3 is 19.8 Å². The number of fused-ring (bicyclic) bond motifs is 1. The molecule has 0 amide bonds. The lowest BCUT2D eigenvalue weighted by molar-refractivity contribution is 0.269. The van der Waals surface area contributed by atoms with Crippen molar-refractivity contribution >= 4 is 11.0 Å². The normalized spacial score (nSPS) is 10.9. The molecule has 29 heavy (non-hydrogen) atoms. The van der Waals surface area contributed by atoms with Gasteiger partial charge in [0.2, 0.25) is 0 Å². The van der Waals surface area contributed by atoms with Gasteiger partial charge in [-0.2, -0.15) is 0 Å². The number of aromatic amines is 1. The first kappa shape index (κ1) is 19.0. The number of benzene rings is 3.